The van der Waals surface area contributed by atoms with Crippen LogP contribution in [0.4, 0.5) is 11.4 Å². The molecular weight excluding hydrogens is 400 g/mol. The third-order valence-corrected chi connectivity index (χ3v) is 7.42. The highest BCUT2D eigenvalue weighted by Gasteiger charge is 2.47. The number of hydrogen-bond donors (Lipinski definition) is 1. The van der Waals surface area contributed by atoms with Gasteiger partial charge in [-0.15, -0.1) is 0 Å². The number of rotatable bonds is 2. The van der Waals surface area contributed by atoms with E-state index in [4.69, 9.17) is 0 Å². The van der Waals surface area contributed by atoms with Crippen molar-refractivity contribution in [3.63, 3.8) is 0 Å². The SMILES string of the molecule is CC12C=CC(c3ccc4[nH]c5ccccc5c4c3)=CC1c1ccccc1N2c1ccccc1. The van der Waals surface area contributed by atoms with Gasteiger partial charge in [-0.1, -0.05) is 78.9 Å². The maximum Gasteiger partial charge on any atom is 0.0712 e. The van der Waals surface area contributed by atoms with Crippen molar-refractivity contribution >= 4 is 38.8 Å². The van der Waals surface area contributed by atoms with Gasteiger partial charge >= 0.3 is 0 Å². The normalized spacial score (nSPS) is 21.3. The lowest BCUT2D eigenvalue weighted by molar-refractivity contribution is 0.544. The second kappa shape index (κ2) is 6.73. The third-order valence-electron chi connectivity index (χ3n) is 7.42. The Kier molecular flexibility index (Phi) is 3.78. The van der Waals surface area contributed by atoms with E-state index >= 15 is 0 Å². The van der Waals surface area contributed by atoms with Crippen molar-refractivity contribution in [2.24, 2.45) is 0 Å². The summed E-state index contributed by atoms with van der Waals surface area (Å²) in [6.45, 7) is 2.36. The van der Waals surface area contributed by atoms with Gasteiger partial charge in [-0.3, -0.25) is 0 Å². The molecule has 2 heteroatoms. The smallest absolute Gasteiger partial charge is 0.0712 e. The number of benzene rings is 4. The number of aromatic amines is 1. The standard InChI is InChI=1S/C31H24N2/c1-31-18-17-22(21-15-16-29-26(19-21)24-11-5-7-13-28(24)32-29)20-27(31)25-12-6-8-14-30(25)33(31)23-9-3-2-4-10-23/h2-20,27,32H,1H3. The second-order valence-electron chi connectivity index (χ2n) is 9.32. The molecule has 0 amide bonds. The van der Waals surface area contributed by atoms with Crippen LogP contribution in [0.15, 0.2) is 115 Å². The molecule has 7 rings (SSSR count). The molecule has 0 spiro atoms. The molecule has 4 aromatic carbocycles. The molecule has 1 aliphatic carbocycles. The zero-order valence-corrected chi connectivity index (χ0v) is 18.5. The number of H-pyrrole nitrogens is 1. The molecule has 2 atom stereocenters. The maximum absolute atomic E-state index is 3.54. The quantitative estimate of drug-likeness (QED) is 0.304. The van der Waals surface area contributed by atoms with Crippen LogP contribution >= 0.6 is 0 Å². The number of allylic oxidation sites excluding steroid dienone is 2. The van der Waals surface area contributed by atoms with Crippen molar-refractivity contribution in [1.82, 2.24) is 4.98 Å². The second-order valence-corrected chi connectivity index (χ2v) is 9.32. The number of nitrogens with zero attached hydrogens (tertiary/aromatic N) is 1. The summed E-state index contributed by atoms with van der Waals surface area (Å²) in [6.07, 6.45) is 7.19. The minimum Gasteiger partial charge on any atom is -0.355 e. The average molecular weight is 425 g/mol. The van der Waals surface area contributed by atoms with Gasteiger partial charge in [-0.25, -0.2) is 0 Å². The van der Waals surface area contributed by atoms with Crippen LogP contribution in [-0.2, 0) is 0 Å². The summed E-state index contributed by atoms with van der Waals surface area (Å²) < 4.78 is 0. The summed E-state index contributed by atoms with van der Waals surface area (Å²) >= 11 is 0. The van der Waals surface area contributed by atoms with Crippen LogP contribution in [0.5, 0.6) is 0 Å². The van der Waals surface area contributed by atoms with E-state index in [2.05, 4.69) is 132 Å². The molecule has 2 aliphatic rings. The Morgan fingerprint density at radius 1 is 0.758 bits per heavy atom. The van der Waals surface area contributed by atoms with Gasteiger partial charge in [0.15, 0.2) is 0 Å². The first-order valence-electron chi connectivity index (χ1n) is 11.6. The summed E-state index contributed by atoms with van der Waals surface area (Å²) in [6, 6.07) is 34.9. The predicted octanol–water partition coefficient (Wildman–Crippen LogP) is 7.97. The predicted molar refractivity (Wildman–Crippen MR) is 139 cm³/mol. The summed E-state index contributed by atoms with van der Waals surface area (Å²) in [5, 5.41) is 2.56. The fourth-order valence-corrected chi connectivity index (χ4v) is 5.81. The van der Waals surface area contributed by atoms with E-state index in [0.29, 0.717) is 0 Å². The molecule has 1 aromatic heterocycles. The summed E-state index contributed by atoms with van der Waals surface area (Å²) in [5.74, 6) is 0.285. The molecule has 0 bridgehead atoms. The first-order valence-corrected chi connectivity index (χ1v) is 11.6. The van der Waals surface area contributed by atoms with Crippen LogP contribution in [0.1, 0.15) is 24.0 Å². The van der Waals surface area contributed by atoms with Gasteiger partial charge in [0.05, 0.1) is 5.54 Å². The molecule has 1 N–H and O–H groups in total. The first kappa shape index (κ1) is 18.5. The van der Waals surface area contributed by atoms with Gasteiger partial charge in [-0.2, -0.15) is 0 Å². The first-order chi connectivity index (χ1) is 16.2. The lowest BCUT2D eigenvalue weighted by atomic mass is 9.77. The van der Waals surface area contributed by atoms with Crippen molar-refractivity contribution < 1.29 is 0 Å². The lowest BCUT2D eigenvalue weighted by Gasteiger charge is -2.40. The Morgan fingerprint density at radius 3 is 2.42 bits per heavy atom. The van der Waals surface area contributed by atoms with Crippen LogP contribution in [-0.4, -0.2) is 10.5 Å². The van der Waals surface area contributed by atoms with Crippen molar-refractivity contribution in [3.05, 3.63) is 126 Å². The highest BCUT2D eigenvalue weighted by Crippen LogP contribution is 2.55. The number of aromatic nitrogens is 1. The molecule has 0 radical (unpaired) electrons. The Balaban J connectivity index is 1.38. The van der Waals surface area contributed by atoms with Crippen molar-refractivity contribution in [2.45, 2.75) is 18.4 Å². The number of nitrogens with one attached hydrogen (secondary N) is 1. The number of para-hydroxylation sites is 3. The van der Waals surface area contributed by atoms with Crippen LogP contribution < -0.4 is 4.90 Å². The number of hydrogen-bond acceptors (Lipinski definition) is 1. The zero-order valence-electron chi connectivity index (χ0n) is 18.5. The number of anilines is 2. The van der Waals surface area contributed by atoms with E-state index < -0.39 is 0 Å². The Bertz CT molecular complexity index is 1590. The van der Waals surface area contributed by atoms with E-state index in [1.807, 2.05) is 0 Å². The fourth-order valence-electron chi connectivity index (χ4n) is 5.81. The summed E-state index contributed by atoms with van der Waals surface area (Å²) in [5.41, 5.74) is 8.70. The topological polar surface area (TPSA) is 19.0 Å². The molecule has 0 fully saturated rings. The number of fused-ring (bicyclic) bond motifs is 6. The maximum atomic E-state index is 3.54. The molecule has 2 nitrogen and oxygen atoms in total. The van der Waals surface area contributed by atoms with Gasteiger partial charge in [0.25, 0.3) is 0 Å². The van der Waals surface area contributed by atoms with E-state index in [1.165, 1.54) is 49.9 Å². The van der Waals surface area contributed by atoms with E-state index in [0.717, 1.165) is 0 Å². The highest BCUT2D eigenvalue weighted by molar-refractivity contribution is 6.08. The van der Waals surface area contributed by atoms with Crippen molar-refractivity contribution in [3.8, 4) is 0 Å². The minimum atomic E-state index is -0.139. The molecule has 2 heterocycles. The lowest BCUT2D eigenvalue weighted by Crippen LogP contribution is -2.42. The van der Waals surface area contributed by atoms with Gasteiger partial charge in [0, 0.05) is 39.1 Å². The monoisotopic (exact) mass is 424 g/mol. The molecule has 1 aliphatic heterocycles. The van der Waals surface area contributed by atoms with Crippen molar-refractivity contribution in [2.75, 3.05) is 4.90 Å². The van der Waals surface area contributed by atoms with Crippen LogP contribution in [0.2, 0.25) is 0 Å². The van der Waals surface area contributed by atoms with Crippen molar-refractivity contribution in [1.29, 1.82) is 0 Å². The van der Waals surface area contributed by atoms with Crippen LogP contribution in [0.25, 0.3) is 27.4 Å². The summed E-state index contributed by atoms with van der Waals surface area (Å²) in [4.78, 5) is 6.04. The van der Waals surface area contributed by atoms with Gasteiger partial charge in [0.1, 0.15) is 0 Å². The average Bonchev–Trinajstić information content (AvgIpc) is 3.36. The van der Waals surface area contributed by atoms with Crippen LogP contribution in [0.3, 0.4) is 0 Å². The van der Waals surface area contributed by atoms with E-state index in [1.54, 1.807) is 0 Å². The minimum absolute atomic E-state index is 0.139. The van der Waals surface area contributed by atoms with Crippen LogP contribution in [0, 0.1) is 0 Å². The molecule has 5 aromatic rings. The molecular formula is C31H24N2. The molecule has 0 saturated heterocycles. The van der Waals surface area contributed by atoms with E-state index in [-0.39, 0.29) is 11.5 Å². The molecule has 33 heavy (non-hydrogen) atoms. The van der Waals surface area contributed by atoms with E-state index in [9.17, 15) is 0 Å². The zero-order chi connectivity index (χ0) is 22.0. The van der Waals surface area contributed by atoms with Gasteiger partial charge in [-0.05, 0) is 60.0 Å². The molecule has 0 saturated carbocycles. The van der Waals surface area contributed by atoms with Gasteiger partial charge in [0.2, 0.25) is 0 Å². The molecule has 2 unspecified atom stereocenters. The summed E-state index contributed by atoms with van der Waals surface area (Å²) in [7, 11) is 0. The Hall–Kier alpha value is -4.04. The Labute approximate surface area is 193 Å². The largest absolute Gasteiger partial charge is 0.355 e. The Morgan fingerprint density at radius 2 is 1.52 bits per heavy atom. The van der Waals surface area contributed by atoms with Gasteiger partial charge < -0.3 is 9.88 Å². The molecule has 158 valence electrons. The fraction of sp³-hybridized carbons (Fsp3) is 0.0968. The third kappa shape index (κ3) is 2.61. The highest BCUT2D eigenvalue weighted by atomic mass is 15.2.